The lowest BCUT2D eigenvalue weighted by Crippen LogP contribution is -2.45. The number of nitrogen functional groups attached to an aromatic ring is 1. The molecule has 1 heterocycles. The lowest BCUT2D eigenvalue weighted by molar-refractivity contribution is 0.135. The van der Waals surface area contributed by atoms with E-state index in [0.29, 0.717) is 0 Å². The quantitative estimate of drug-likeness (QED) is 0.860. The monoisotopic (exact) mass is 258 g/mol. The molecule has 0 aliphatic heterocycles. The summed E-state index contributed by atoms with van der Waals surface area (Å²) in [6.07, 6.45) is 7.16. The molecular weight excluding hydrogens is 236 g/mol. The maximum atomic E-state index is 5.81. The van der Waals surface area contributed by atoms with Crippen molar-refractivity contribution in [1.82, 2.24) is 14.5 Å². The standard InChI is InChI=1S/C15H22N4/c1-18(2)15(7-3-4-8-15)10-19-11-17-13-9-12(16)5-6-14(13)19/h5-6,9,11H,3-4,7-8,10,16H2,1-2H3. The number of likely N-dealkylation sites (N-methyl/N-ethyl adjacent to an activating group) is 1. The Morgan fingerprint density at radius 3 is 2.74 bits per heavy atom. The number of fused-ring (bicyclic) bond motifs is 1. The van der Waals surface area contributed by atoms with Crippen LogP contribution in [-0.4, -0.2) is 34.1 Å². The highest BCUT2D eigenvalue weighted by molar-refractivity contribution is 5.78. The van der Waals surface area contributed by atoms with Crippen LogP contribution in [0.15, 0.2) is 24.5 Å². The summed E-state index contributed by atoms with van der Waals surface area (Å²) in [5, 5.41) is 0. The molecule has 1 fully saturated rings. The van der Waals surface area contributed by atoms with Gasteiger partial charge in [-0.3, -0.25) is 0 Å². The number of anilines is 1. The molecule has 19 heavy (non-hydrogen) atoms. The highest BCUT2D eigenvalue weighted by Gasteiger charge is 2.36. The van der Waals surface area contributed by atoms with E-state index in [1.807, 2.05) is 18.5 Å². The lowest BCUT2D eigenvalue weighted by Gasteiger charge is -2.36. The molecule has 2 N–H and O–H groups in total. The third-order valence-corrected chi connectivity index (χ3v) is 4.59. The van der Waals surface area contributed by atoms with Gasteiger partial charge < -0.3 is 15.2 Å². The van der Waals surface area contributed by atoms with Crippen LogP contribution in [0.4, 0.5) is 5.69 Å². The topological polar surface area (TPSA) is 47.1 Å². The molecule has 0 unspecified atom stereocenters. The number of rotatable bonds is 3. The molecule has 3 rings (SSSR count). The zero-order chi connectivity index (χ0) is 13.5. The van der Waals surface area contributed by atoms with E-state index in [1.165, 1.54) is 31.2 Å². The van der Waals surface area contributed by atoms with Gasteiger partial charge in [-0.1, -0.05) is 12.8 Å². The number of hydrogen-bond donors (Lipinski definition) is 1. The lowest BCUT2D eigenvalue weighted by atomic mass is 9.96. The maximum absolute atomic E-state index is 5.81. The van der Waals surface area contributed by atoms with E-state index in [0.717, 1.165) is 17.7 Å². The molecule has 0 spiro atoms. The first-order valence-electron chi connectivity index (χ1n) is 6.99. The van der Waals surface area contributed by atoms with Gasteiger partial charge in [0.2, 0.25) is 0 Å². The fourth-order valence-electron chi connectivity index (χ4n) is 3.30. The van der Waals surface area contributed by atoms with E-state index < -0.39 is 0 Å². The summed E-state index contributed by atoms with van der Waals surface area (Å²) in [5.74, 6) is 0. The van der Waals surface area contributed by atoms with Crippen LogP contribution in [0.1, 0.15) is 25.7 Å². The molecule has 1 aromatic heterocycles. The predicted octanol–water partition coefficient (Wildman–Crippen LogP) is 2.49. The molecule has 1 aliphatic carbocycles. The number of benzene rings is 1. The minimum atomic E-state index is 0.287. The van der Waals surface area contributed by atoms with Crippen LogP contribution < -0.4 is 5.73 Å². The third-order valence-electron chi connectivity index (χ3n) is 4.59. The SMILES string of the molecule is CN(C)C1(Cn2cnc3cc(N)ccc32)CCCC1. The van der Waals surface area contributed by atoms with Crippen molar-refractivity contribution in [2.45, 2.75) is 37.8 Å². The molecular formula is C15H22N4. The van der Waals surface area contributed by atoms with Gasteiger partial charge in [-0.25, -0.2) is 4.98 Å². The minimum Gasteiger partial charge on any atom is -0.399 e. The van der Waals surface area contributed by atoms with Crippen molar-refractivity contribution in [2.24, 2.45) is 0 Å². The Balaban J connectivity index is 1.96. The summed E-state index contributed by atoms with van der Waals surface area (Å²) < 4.78 is 2.28. The summed E-state index contributed by atoms with van der Waals surface area (Å²) >= 11 is 0. The number of nitrogens with zero attached hydrogens (tertiary/aromatic N) is 3. The van der Waals surface area contributed by atoms with Crippen LogP contribution in [0.25, 0.3) is 11.0 Å². The number of hydrogen-bond acceptors (Lipinski definition) is 3. The molecule has 0 atom stereocenters. The van der Waals surface area contributed by atoms with Gasteiger partial charge in [-0.15, -0.1) is 0 Å². The van der Waals surface area contributed by atoms with Crippen LogP contribution in [0.2, 0.25) is 0 Å². The molecule has 1 aliphatic rings. The number of nitrogens with two attached hydrogens (primary N) is 1. The van der Waals surface area contributed by atoms with E-state index in [-0.39, 0.29) is 5.54 Å². The van der Waals surface area contributed by atoms with Gasteiger partial charge in [-0.2, -0.15) is 0 Å². The molecule has 4 nitrogen and oxygen atoms in total. The zero-order valence-electron chi connectivity index (χ0n) is 11.8. The molecule has 0 saturated heterocycles. The average molecular weight is 258 g/mol. The summed E-state index contributed by atoms with van der Waals surface area (Å²) in [4.78, 5) is 6.87. The van der Waals surface area contributed by atoms with Gasteiger partial charge in [0.25, 0.3) is 0 Å². The molecule has 0 amide bonds. The second-order valence-corrected chi connectivity index (χ2v) is 5.95. The van der Waals surface area contributed by atoms with Gasteiger partial charge in [0.15, 0.2) is 0 Å². The van der Waals surface area contributed by atoms with E-state index in [9.17, 15) is 0 Å². The summed E-state index contributed by atoms with van der Waals surface area (Å²) in [7, 11) is 4.39. The van der Waals surface area contributed by atoms with Crippen LogP contribution in [0.3, 0.4) is 0 Å². The van der Waals surface area contributed by atoms with E-state index >= 15 is 0 Å². The molecule has 0 bridgehead atoms. The molecule has 1 saturated carbocycles. The van der Waals surface area contributed by atoms with Crippen molar-refractivity contribution in [3.05, 3.63) is 24.5 Å². The van der Waals surface area contributed by atoms with E-state index in [2.05, 4.69) is 34.6 Å². The Hall–Kier alpha value is -1.55. The van der Waals surface area contributed by atoms with Gasteiger partial charge in [0, 0.05) is 17.8 Å². The van der Waals surface area contributed by atoms with Crippen LogP contribution in [-0.2, 0) is 6.54 Å². The smallest absolute Gasteiger partial charge is 0.0958 e. The van der Waals surface area contributed by atoms with Crippen LogP contribution in [0.5, 0.6) is 0 Å². The molecule has 2 aromatic rings. The van der Waals surface area contributed by atoms with Crippen molar-refractivity contribution in [3.8, 4) is 0 Å². The fraction of sp³-hybridized carbons (Fsp3) is 0.533. The van der Waals surface area contributed by atoms with Gasteiger partial charge in [0.1, 0.15) is 0 Å². The fourth-order valence-corrected chi connectivity index (χ4v) is 3.30. The number of imidazole rings is 1. The zero-order valence-corrected chi connectivity index (χ0v) is 11.8. The summed E-state index contributed by atoms with van der Waals surface area (Å²) in [6.45, 7) is 1.01. The Labute approximate surface area is 114 Å². The van der Waals surface area contributed by atoms with Crippen molar-refractivity contribution < 1.29 is 0 Å². The first-order chi connectivity index (χ1) is 9.11. The predicted molar refractivity (Wildman–Crippen MR) is 79.0 cm³/mol. The second kappa shape index (κ2) is 4.53. The Morgan fingerprint density at radius 1 is 1.32 bits per heavy atom. The molecule has 0 radical (unpaired) electrons. The minimum absolute atomic E-state index is 0.287. The summed E-state index contributed by atoms with van der Waals surface area (Å²) in [5.41, 5.74) is 9.05. The van der Waals surface area contributed by atoms with E-state index in [1.54, 1.807) is 0 Å². The van der Waals surface area contributed by atoms with Crippen molar-refractivity contribution in [2.75, 3.05) is 19.8 Å². The Morgan fingerprint density at radius 2 is 2.05 bits per heavy atom. The first-order valence-corrected chi connectivity index (χ1v) is 6.99. The van der Waals surface area contributed by atoms with Crippen LogP contribution in [0, 0.1) is 0 Å². The van der Waals surface area contributed by atoms with Crippen molar-refractivity contribution >= 4 is 16.7 Å². The molecule has 1 aromatic carbocycles. The average Bonchev–Trinajstić information content (AvgIpc) is 2.98. The second-order valence-electron chi connectivity index (χ2n) is 5.95. The molecule has 102 valence electrons. The molecule has 4 heteroatoms. The third kappa shape index (κ3) is 2.10. The van der Waals surface area contributed by atoms with Gasteiger partial charge in [-0.05, 0) is 45.1 Å². The Kier molecular flexibility index (Phi) is 2.97. The summed E-state index contributed by atoms with van der Waals surface area (Å²) in [6, 6.07) is 5.98. The van der Waals surface area contributed by atoms with E-state index in [4.69, 9.17) is 5.73 Å². The Bertz CT molecular complexity index is 579. The largest absolute Gasteiger partial charge is 0.399 e. The van der Waals surface area contributed by atoms with Gasteiger partial charge in [0.05, 0.1) is 17.4 Å². The first kappa shape index (κ1) is 12.5. The number of aromatic nitrogens is 2. The van der Waals surface area contributed by atoms with Gasteiger partial charge >= 0.3 is 0 Å². The maximum Gasteiger partial charge on any atom is 0.0958 e. The van der Waals surface area contributed by atoms with Crippen LogP contribution >= 0.6 is 0 Å². The highest BCUT2D eigenvalue weighted by atomic mass is 15.2. The normalized spacial score (nSPS) is 18.5. The highest BCUT2D eigenvalue weighted by Crippen LogP contribution is 2.36. The van der Waals surface area contributed by atoms with Crippen molar-refractivity contribution in [1.29, 1.82) is 0 Å². The van der Waals surface area contributed by atoms with Crippen molar-refractivity contribution in [3.63, 3.8) is 0 Å².